The Morgan fingerprint density at radius 2 is 1.83 bits per heavy atom. The van der Waals surface area contributed by atoms with E-state index in [1.165, 1.54) is 9.80 Å². The summed E-state index contributed by atoms with van der Waals surface area (Å²) in [6.07, 6.45) is -6.33. The predicted octanol–water partition coefficient (Wildman–Crippen LogP) is 4.31. The molecule has 0 unspecified atom stereocenters. The topological polar surface area (TPSA) is 96.6 Å². The van der Waals surface area contributed by atoms with Crippen LogP contribution in [0.15, 0.2) is 42.9 Å². The first-order chi connectivity index (χ1) is 19.4. The maximum Gasteiger partial charge on any atom is 0.451 e. The number of benzene rings is 1. The third kappa shape index (κ3) is 5.79. The van der Waals surface area contributed by atoms with E-state index in [-0.39, 0.29) is 48.3 Å². The smallest absolute Gasteiger partial charge is 0.451 e. The second-order valence-electron chi connectivity index (χ2n) is 9.20. The Kier molecular flexibility index (Phi) is 7.54. The molecule has 1 saturated heterocycles. The molecule has 9 nitrogen and oxygen atoms in total. The van der Waals surface area contributed by atoms with Crippen molar-refractivity contribution < 1.29 is 41.0 Å². The molecule has 1 atom stereocenters. The molecular formula is C25H22F6N6O3S. The molecule has 1 aliphatic rings. The zero-order valence-electron chi connectivity index (χ0n) is 21.3. The normalized spacial score (nSPS) is 16.4. The van der Waals surface area contributed by atoms with E-state index in [9.17, 15) is 36.2 Å². The number of anilines is 1. The molecule has 218 valence electrons. The Bertz CT molecular complexity index is 1550. The number of hydrogen-bond donors (Lipinski definition) is 1. The first kappa shape index (κ1) is 28.6. The minimum Gasteiger partial charge on any atom is -0.497 e. The molecule has 5 rings (SSSR count). The summed E-state index contributed by atoms with van der Waals surface area (Å²) in [5.74, 6) is -1.07. The van der Waals surface area contributed by atoms with Gasteiger partial charge in [-0.2, -0.15) is 26.3 Å². The second kappa shape index (κ2) is 10.8. The number of carbonyl (C=O) groups excluding carboxylic acids is 1. The van der Waals surface area contributed by atoms with E-state index < -0.39 is 35.8 Å². The summed E-state index contributed by atoms with van der Waals surface area (Å²) < 4.78 is 86.4. The van der Waals surface area contributed by atoms with E-state index in [2.05, 4.69) is 15.0 Å². The first-order valence-electron chi connectivity index (χ1n) is 12.1. The van der Waals surface area contributed by atoms with Gasteiger partial charge < -0.3 is 24.2 Å². The number of halogens is 6. The van der Waals surface area contributed by atoms with Gasteiger partial charge in [0.2, 0.25) is 16.7 Å². The zero-order valence-corrected chi connectivity index (χ0v) is 22.1. The molecular weight excluding hydrogens is 578 g/mol. The fourth-order valence-electron chi connectivity index (χ4n) is 4.64. The Morgan fingerprint density at radius 1 is 1.10 bits per heavy atom. The van der Waals surface area contributed by atoms with Gasteiger partial charge in [0.1, 0.15) is 23.0 Å². The van der Waals surface area contributed by atoms with Crippen molar-refractivity contribution in [3.63, 3.8) is 0 Å². The number of rotatable bonds is 6. The fraction of sp³-hybridized carbons (Fsp3) is 0.360. The third-order valence-corrected chi connectivity index (χ3v) is 7.78. The lowest BCUT2D eigenvalue weighted by Gasteiger charge is -2.41. The van der Waals surface area contributed by atoms with E-state index in [1.807, 2.05) is 18.2 Å². The highest BCUT2D eigenvalue weighted by atomic mass is 32.1. The van der Waals surface area contributed by atoms with Crippen molar-refractivity contribution in [3.8, 4) is 17.0 Å². The van der Waals surface area contributed by atoms with Gasteiger partial charge in [0.25, 0.3) is 0 Å². The van der Waals surface area contributed by atoms with E-state index in [0.29, 0.717) is 17.1 Å². The molecule has 0 aliphatic carbocycles. The molecule has 4 heterocycles. The highest BCUT2D eigenvalue weighted by Crippen LogP contribution is 2.43. The van der Waals surface area contributed by atoms with E-state index in [1.54, 1.807) is 23.9 Å². The molecule has 0 radical (unpaired) electrons. The Labute approximate surface area is 232 Å². The average Bonchev–Trinajstić information content (AvgIpc) is 3.57. The predicted molar refractivity (Wildman–Crippen MR) is 136 cm³/mol. The monoisotopic (exact) mass is 600 g/mol. The molecule has 41 heavy (non-hydrogen) atoms. The van der Waals surface area contributed by atoms with Crippen molar-refractivity contribution in [3.05, 3.63) is 53.7 Å². The summed E-state index contributed by atoms with van der Waals surface area (Å²) in [6, 6.07) is 6.49. The van der Waals surface area contributed by atoms with Gasteiger partial charge in [-0.3, -0.25) is 4.79 Å². The van der Waals surface area contributed by atoms with Gasteiger partial charge >= 0.3 is 12.4 Å². The summed E-state index contributed by atoms with van der Waals surface area (Å²) in [6.45, 7) is -0.340. The van der Waals surface area contributed by atoms with Crippen molar-refractivity contribution in [2.24, 2.45) is 0 Å². The van der Waals surface area contributed by atoms with Gasteiger partial charge in [-0.1, -0.05) is 11.3 Å². The molecule has 0 saturated carbocycles. The van der Waals surface area contributed by atoms with E-state index >= 15 is 0 Å². The van der Waals surface area contributed by atoms with Crippen LogP contribution in [0.5, 0.6) is 5.75 Å². The van der Waals surface area contributed by atoms with Crippen molar-refractivity contribution in [1.82, 2.24) is 24.4 Å². The van der Waals surface area contributed by atoms with E-state index in [4.69, 9.17) is 4.74 Å². The minimum absolute atomic E-state index is 0.0246. The lowest BCUT2D eigenvalue weighted by Crippen LogP contribution is -2.57. The van der Waals surface area contributed by atoms with Crippen LogP contribution in [-0.2, 0) is 23.7 Å². The maximum absolute atomic E-state index is 13.6. The molecule has 3 aromatic heterocycles. The number of amides is 1. The fourth-order valence-corrected chi connectivity index (χ4v) is 5.63. The molecule has 1 aliphatic heterocycles. The second-order valence-corrected chi connectivity index (χ2v) is 10.2. The van der Waals surface area contributed by atoms with Gasteiger partial charge in [0.05, 0.1) is 19.8 Å². The van der Waals surface area contributed by atoms with Crippen molar-refractivity contribution in [2.75, 3.05) is 38.3 Å². The number of aromatic nitrogens is 4. The standard InChI is InChI=1S/C25H22F6N6O3S/c1-40-17-2-3-18-14(8-17)4-5-35(18)12-19(39)37-7-6-36(11-16(37)13-38)21-20(34-23(41-21)25(29,30)31)15-9-32-22(33-10-15)24(26,27)28/h2-5,8-10,16,38H,6-7,11-13H2,1H3/t16-/m1/s1. The van der Waals surface area contributed by atoms with Crippen LogP contribution in [0.2, 0.25) is 0 Å². The Hall–Kier alpha value is -3.92. The zero-order chi connectivity index (χ0) is 29.5. The maximum atomic E-state index is 13.6. The van der Waals surface area contributed by atoms with E-state index in [0.717, 1.165) is 23.3 Å². The van der Waals surface area contributed by atoms with Crippen LogP contribution >= 0.6 is 11.3 Å². The van der Waals surface area contributed by atoms with Gasteiger partial charge in [-0.15, -0.1) is 0 Å². The molecule has 1 amide bonds. The summed E-state index contributed by atoms with van der Waals surface area (Å²) in [4.78, 5) is 26.4. The number of piperazine rings is 1. The Balaban J connectivity index is 1.38. The molecule has 16 heteroatoms. The van der Waals surface area contributed by atoms with Crippen LogP contribution in [0.4, 0.5) is 31.3 Å². The number of thiazole rings is 1. The number of aliphatic hydroxyl groups excluding tert-OH is 1. The number of alkyl halides is 6. The summed E-state index contributed by atoms with van der Waals surface area (Å²) in [5, 5.41) is 9.79. The molecule has 0 spiro atoms. The highest BCUT2D eigenvalue weighted by molar-refractivity contribution is 7.16. The SMILES string of the molecule is COc1ccc2c(ccn2CC(=O)N2CCN(c3sc(C(F)(F)F)nc3-c3cnc(C(F)(F)F)nc3)C[C@@H]2CO)c1. The van der Waals surface area contributed by atoms with Crippen molar-refractivity contribution >= 4 is 33.1 Å². The lowest BCUT2D eigenvalue weighted by atomic mass is 10.1. The summed E-state index contributed by atoms with van der Waals surface area (Å²) in [7, 11) is 1.55. The number of aliphatic hydroxyl groups is 1. The Morgan fingerprint density at radius 3 is 2.46 bits per heavy atom. The van der Waals surface area contributed by atoms with Gasteiger partial charge in [-0.25, -0.2) is 15.0 Å². The van der Waals surface area contributed by atoms with Gasteiger partial charge in [0, 0.05) is 54.7 Å². The van der Waals surface area contributed by atoms with Crippen LogP contribution in [0.1, 0.15) is 10.8 Å². The number of hydrogen-bond acceptors (Lipinski definition) is 8. The number of methoxy groups -OCH3 is 1. The van der Waals surface area contributed by atoms with Crippen LogP contribution in [0.3, 0.4) is 0 Å². The lowest BCUT2D eigenvalue weighted by molar-refractivity contribution is -0.145. The average molecular weight is 601 g/mol. The van der Waals surface area contributed by atoms with Crippen LogP contribution < -0.4 is 9.64 Å². The number of fused-ring (bicyclic) bond motifs is 1. The highest BCUT2D eigenvalue weighted by Gasteiger charge is 2.39. The van der Waals surface area contributed by atoms with Crippen LogP contribution in [-0.4, -0.2) is 74.8 Å². The number of carbonyl (C=O) groups is 1. The quantitative estimate of drug-likeness (QED) is 0.330. The first-order valence-corrected chi connectivity index (χ1v) is 13.0. The molecule has 1 N–H and O–H groups in total. The van der Waals surface area contributed by atoms with Crippen LogP contribution in [0, 0.1) is 0 Å². The van der Waals surface area contributed by atoms with Crippen molar-refractivity contribution in [1.29, 1.82) is 0 Å². The van der Waals surface area contributed by atoms with Gasteiger partial charge in [-0.05, 0) is 24.3 Å². The minimum atomic E-state index is -4.82. The summed E-state index contributed by atoms with van der Waals surface area (Å²) in [5.41, 5.74) is 0.433. The molecule has 1 fully saturated rings. The molecule has 0 bridgehead atoms. The summed E-state index contributed by atoms with van der Waals surface area (Å²) >= 11 is 0.320. The number of ether oxygens (including phenoxy) is 1. The van der Waals surface area contributed by atoms with Crippen molar-refractivity contribution in [2.45, 2.75) is 24.9 Å². The molecule has 1 aromatic carbocycles. The van der Waals surface area contributed by atoms with Gasteiger partial charge in [0.15, 0.2) is 0 Å². The van der Waals surface area contributed by atoms with Crippen LogP contribution in [0.25, 0.3) is 22.2 Å². The molecule has 4 aromatic rings. The number of nitrogens with zero attached hydrogens (tertiary/aromatic N) is 6. The largest absolute Gasteiger partial charge is 0.497 e. The third-order valence-electron chi connectivity index (χ3n) is 6.62.